The van der Waals surface area contributed by atoms with Crippen LogP contribution in [-0.2, 0) is 10.2 Å². The molecule has 5 heteroatoms. The van der Waals surface area contributed by atoms with E-state index in [1.54, 1.807) is 12.1 Å². The van der Waals surface area contributed by atoms with Crippen molar-refractivity contribution in [2.75, 3.05) is 25.0 Å². The average Bonchev–Trinajstić information content (AvgIpc) is 3.09. The number of hydrogen-bond acceptors (Lipinski definition) is 3. The number of hydrogen-bond donors (Lipinski definition) is 1. The van der Waals surface area contributed by atoms with Crippen molar-refractivity contribution in [2.45, 2.75) is 62.1 Å². The number of carbonyl (C=O) groups excluding carboxylic acids is 1. The Morgan fingerprint density at radius 3 is 2.52 bits per heavy atom. The van der Waals surface area contributed by atoms with Gasteiger partial charge in [0.2, 0.25) is 6.41 Å². The van der Waals surface area contributed by atoms with Gasteiger partial charge in [-0.1, -0.05) is 0 Å². The fraction of sp³-hybridized carbons (Fsp3) is 0.650. The van der Waals surface area contributed by atoms with E-state index >= 15 is 0 Å². The van der Waals surface area contributed by atoms with Gasteiger partial charge in [-0.05, 0) is 75.4 Å². The molecule has 0 saturated carbocycles. The number of fused-ring (bicyclic) bond motifs is 4. The zero-order chi connectivity index (χ0) is 17.0. The molecule has 4 nitrogen and oxygen atoms in total. The SMILES string of the molecule is O=CN1C2CCC1CC(N1CCC3(CC1)CNc1ccc(F)cc13)C2. The monoisotopic (exact) mass is 343 g/mol. The normalized spacial score (nSPS) is 33.3. The lowest BCUT2D eigenvalue weighted by molar-refractivity contribution is -0.123. The molecule has 0 aliphatic carbocycles. The van der Waals surface area contributed by atoms with Crippen molar-refractivity contribution in [1.82, 2.24) is 9.80 Å². The Balaban J connectivity index is 1.29. The summed E-state index contributed by atoms with van der Waals surface area (Å²) >= 11 is 0. The molecule has 2 atom stereocenters. The van der Waals surface area contributed by atoms with Crippen LogP contribution < -0.4 is 5.32 Å². The largest absolute Gasteiger partial charge is 0.384 e. The van der Waals surface area contributed by atoms with Crippen LogP contribution in [0.5, 0.6) is 0 Å². The third-order valence-electron chi connectivity index (χ3n) is 7.33. The van der Waals surface area contributed by atoms with Crippen LogP contribution in [0, 0.1) is 5.82 Å². The summed E-state index contributed by atoms with van der Waals surface area (Å²) in [6.07, 6.45) is 7.87. The molecule has 1 aromatic rings. The first-order valence-corrected chi connectivity index (χ1v) is 9.69. The molecule has 134 valence electrons. The first kappa shape index (κ1) is 15.6. The van der Waals surface area contributed by atoms with Gasteiger partial charge < -0.3 is 15.1 Å². The number of amides is 1. The van der Waals surface area contributed by atoms with Crippen LogP contribution in [0.3, 0.4) is 0 Å². The quantitative estimate of drug-likeness (QED) is 0.839. The molecule has 1 spiro atoms. The summed E-state index contributed by atoms with van der Waals surface area (Å²) in [5.74, 6) is -0.123. The van der Waals surface area contributed by atoms with E-state index in [0.717, 1.165) is 57.4 Å². The fourth-order valence-electron chi connectivity index (χ4n) is 5.89. The highest BCUT2D eigenvalue weighted by atomic mass is 19.1. The second-order valence-corrected chi connectivity index (χ2v) is 8.42. The lowest BCUT2D eigenvalue weighted by atomic mass is 9.73. The van der Waals surface area contributed by atoms with E-state index in [1.165, 1.54) is 18.4 Å². The molecule has 3 fully saturated rings. The zero-order valence-electron chi connectivity index (χ0n) is 14.6. The summed E-state index contributed by atoms with van der Waals surface area (Å²) in [6, 6.07) is 6.72. The molecule has 5 rings (SSSR count). The Hall–Kier alpha value is -1.62. The number of nitrogens with one attached hydrogen (secondary N) is 1. The molecule has 0 radical (unpaired) electrons. The van der Waals surface area contributed by atoms with E-state index in [9.17, 15) is 9.18 Å². The van der Waals surface area contributed by atoms with Crippen LogP contribution in [0.1, 0.15) is 44.1 Å². The molecule has 2 bridgehead atoms. The van der Waals surface area contributed by atoms with Crippen molar-refractivity contribution in [3.8, 4) is 0 Å². The van der Waals surface area contributed by atoms with Gasteiger partial charge in [-0.25, -0.2) is 4.39 Å². The van der Waals surface area contributed by atoms with E-state index < -0.39 is 0 Å². The molecule has 4 aliphatic rings. The number of piperidine rings is 2. The van der Waals surface area contributed by atoms with Crippen molar-refractivity contribution in [2.24, 2.45) is 0 Å². The van der Waals surface area contributed by atoms with Crippen molar-refractivity contribution in [3.05, 3.63) is 29.6 Å². The van der Waals surface area contributed by atoms with Gasteiger partial charge >= 0.3 is 0 Å². The van der Waals surface area contributed by atoms with Crippen LogP contribution >= 0.6 is 0 Å². The van der Waals surface area contributed by atoms with E-state index in [4.69, 9.17) is 0 Å². The first-order valence-electron chi connectivity index (χ1n) is 9.69. The zero-order valence-corrected chi connectivity index (χ0v) is 14.6. The summed E-state index contributed by atoms with van der Waals surface area (Å²) < 4.78 is 13.8. The first-order chi connectivity index (χ1) is 12.2. The number of anilines is 1. The Bertz CT molecular complexity index is 672. The Morgan fingerprint density at radius 2 is 1.84 bits per heavy atom. The second-order valence-electron chi connectivity index (χ2n) is 8.42. The van der Waals surface area contributed by atoms with Crippen molar-refractivity contribution in [1.29, 1.82) is 0 Å². The number of benzene rings is 1. The fourth-order valence-corrected chi connectivity index (χ4v) is 5.89. The van der Waals surface area contributed by atoms with E-state index in [2.05, 4.69) is 15.1 Å². The molecular formula is C20H26FN3O. The second kappa shape index (κ2) is 5.70. The van der Waals surface area contributed by atoms with Gasteiger partial charge in [-0.2, -0.15) is 0 Å². The maximum atomic E-state index is 13.8. The minimum absolute atomic E-state index is 0.108. The maximum Gasteiger partial charge on any atom is 0.210 e. The van der Waals surface area contributed by atoms with Crippen molar-refractivity contribution in [3.63, 3.8) is 0 Å². The molecule has 1 aromatic carbocycles. The molecule has 3 saturated heterocycles. The summed E-state index contributed by atoms with van der Waals surface area (Å²) in [5.41, 5.74) is 2.41. The Kier molecular flexibility index (Phi) is 3.56. The van der Waals surface area contributed by atoms with Gasteiger partial charge in [0.15, 0.2) is 0 Å². The lowest BCUT2D eigenvalue weighted by Crippen LogP contribution is -2.53. The van der Waals surface area contributed by atoms with Gasteiger partial charge in [0.1, 0.15) is 5.82 Å². The van der Waals surface area contributed by atoms with Crippen LogP contribution in [0.2, 0.25) is 0 Å². The molecule has 25 heavy (non-hydrogen) atoms. The molecule has 2 unspecified atom stereocenters. The lowest BCUT2D eigenvalue weighted by Gasteiger charge is -2.46. The number of halogens is 1. The third-order valence-corrected chi connectivity index (χ3v) is 7.33. The van der Waals surface area contributed by atoms with Crippen LogP contribution in [0.15, 0.2) is 18.2 Å². The standard InChI is InChI=1S/C20H26FN3O/c21-14-1-4-19-18(9-14)20(12-22-19)5-7-23(8-6-20)17-10-15-2-3-16(11-17)24(15)13-25/h1,4,9,13,15-17,22H,2-3,5-8,10-12H2. The third kappa shape index (κ3) is 2.39. The van der Waals surface area contributed by atoms with Crippen LogP contribution in [0.4, 0.5) is 10.1 Å². The van der Waals surface area contributed by atoms with Gasteiger partial charge in [0.05, 0.1) is 0 Å². The molecule has 1 amide bonds. The topological polar surface area (TPSA) is 35.6 Å². The highest BCUT2D eigenvalue weighted by molar-refractivity contribution is 5.60. The summed E-state index contributed by atoms with van der Waals surface area (Å²) in [7, 11) is 0. The minimum atomic E-state index is -0.123. The number of rotatable bonds is 2. The number of nitrogens with zero attached hydrogens (tertiary/aromatic N) is 2. The van der Waals surface area contributed by atoms with Gasteiger partial charge in [0, 0.05) is 35.8 Å². The predicted molar refractivity (Wildman–Crippen MR) is 95.1 cm³/mol. The molecule has 4 heterocycles. The highest BCUT2D eigenvalue weighted by Crippen LogP contribution is 2.45. The van der Waals surface area contributed by atoms with E-state index in [-0.39, 0.29) is 11.2 Å². The van der Waals surface area contributed by atoms with Crippen LogP contribution in [-0.4, -0.2) is 54.0 Å². The number of likely N-dealkylation sites (tertiary alicyclic amines) is 1. The molecule has 0 aromatic heterocycles. The Morgan fingerprint density at radius 1 is 1.12 bits per heavy atom. The molecule has 1 N–H and O–H groups in total. The van der Waals surface area contributed by atoms with E-state index in [1.807, 2.05) is 6.07 Å². The summed E-state index contributed by atoms with van der Waals surface area (Å²) in [5, 5.41) is 3.49. The smallest absolute Gasteiger partial charge is 0.210 e. The van der Waals surface area contributed by atoms with Crippen LogP contribution in [0.25, 0.3) is 0 Å². The van der Waals surface area contributed by atoms with Crippen molar-refractivity contribution >= 4 is 12.1 Å². The van der Waals surface area contributed by atoms with Crippen molar-refractivity contribution < 1.29 is 9.18 Å². The van der Waals surface area contributed by atoms with Gasteiger partial charge in [-0.3, -0.25) is 4.79 Å². The van der Waals surface area contributed by atoms with Gasteiger partial charge in [-0.15, -0.1) is 0 Å². The number of carbonyl (C=O) groups is 1. The highest BCUT2D eigenvalue weighted by Gasteiger charge is 2.46. The van der Waals surface area contributed by atoms with E-state index in [0.29, 0.717) is 18.1 Å². The van der Waals surface area contributed by atoms with Gasteiger partial charge in [0.25, 0.3) is 0 Å². The molecule has 4 aliphatic heterocycles. The predicted octanol–water partition coefficient (Wildman–Crippen LogP) is 2.74. The Labute approximate surface area is 148 Å². The molecular weight excluding hydrogens is 317 g/mol. The summed E-state index contributed by atoms with van der Waals surface area (Å²) in [6.45, 7) is 3.11. The maximum absolute atomic E-state index is 13.8. The average molecular weight is 343 g/mol. The summed E-state index contributed by atoms with van der Waals surface area (Å²) in [4.78, 5) is 16.0. The minimum Gasteiger partial charge on any atom is -0.384 e.